The zero-order chi connectivity index (χ0) is 20.1. The number of carbonyl (C=O) groups excluding carboxylic acids is 1. The van der Waals surface area contributed by atoms with Crippen LogP contribution in [0.3, 0.4) is 0 Å². The maximum Gasteiger partial charge on any atom is 0.237 e. The number of anilines is 1. The van der Waals surface area contributed by atoms with Crippen molar-refractivity contribution in [3.63, 3.8) is 0 Å². The van der Waals surface area contributed by atoms with Crippen LogP contribution in [0.15, 0.2) is 78.0 Å². The van der Waals surface area contributed by atoms with E-state index < -0.39 is 0 Å². The molecule has 0 spiro atoms. The highest BCUT2D eigenvalue weighted by molar-refractivity contribution is 7.99. The summed E-state index contributed by atoms with van der Waals surface area (Å²) in [5, 5.41) is 1.80. The first-order valence-corrected chi connectivity index (χ1v) is 11.0. The third-order valence-electron chi connectivity index (χ3n) is 5.63. The van der Waals surface area contributed by atoms with Gasteiger partial charge in [0.25, 0.3) is 0 Å². The van der Waals surface area contributed by atoms with Crippen LogP contribution in [0.25, 0.3) is 27.6 Å². The maximum atomic E-state index is 13.0. The van der Waals surface area contributed by atoms with Crippen molar-refractivity contribution < 1.29 is 4.79 Å². The highest BCUT2D eigenvalue weighted by Gasteiger charge is 2.24. The fourth-order valence-corrected chi connectivity index (χ4v) is 5.10. The molecule has 1 amide bonds. The third-order valence-corrected chi connectivity index (χ3v) is 6.55. The van der Waals surface area contributed by atoms with Gasteiger partial charge in [0, 0.05) is 17.6 Å². The number of benzene rings is 3. The van der Waals surface area contributed by atoms with Gasteiger partial charge in [-0.2, -0.15) is 0 Å². The van der Waals surface area contributed by atoms with E-state index in [0.29, 0.717) is 5.75 Å². The van der Waals surface area contributed by atoms with Crippen LogP contribution in [0.2, 0.25) is 0 Å². The van der Waals surface area contributed by atoms with Gasteiger partial charge in [-0.05, 0) is 42.3 Å². The molecule has 6 heteroatoms. The molecule has 3 heterocycles. The molecule has 30 heavy (non-hydrogen) atoms. The van der Waals surface area contributed by atoms with Crippen molar-refractivity contribution >= 4 is 50.9 Å². The molecular weight excluding hydrogens is 392 g/mol. The quantitative estimate of drug-likeness (QED) is 0.319. The molecule has 0 unspecified atom stereocenters. The van der Waals surface area contributed by atoms with Crippen LogP contribution < -0.4 is 4.90 Å². The van der Waals surface area contributed by atoms with Crippen molar-refractivity contribution in [1.29, 1.82) is 0 Å². The predicted octanol–water partition coefficient (Wildman–Crippen LogP) is 4.72. The molecule has 0 atom stereocenters. The Balaban J connectivity index is 1.41. The first-order valence-electron chi connectivity index (χ1n) is 9.96. The van der Waals surface area contributed by atoms with Crippen LogP contribution in [-0.2, 0) is 11.2 Å². The molecule has 0 N–H and O–H groups in total. The highest BCUT2D eigenvalue weighted by atomic mass is 32.2. The Bertz CT molecular complexity index is 1440. The van der Waals surface area contributed by atoms with Gasteiger partial charge < -0.3 is 4.90 Å². The summed E-state index contributed by atoms with van der Waals surface area (Å²) in [4.78, 5) is 24.7. The van der Waals surface area contributed by atoms with E-state index in [9.17, 15) is 4.79 Å². The summed E-state index contributed by atoms with van der Waals surface area (Å²) in [6, 6.07) is 24.2. The van der Waals surface area contributed by atoms with Crippen LogP contribution in [0.1, 0.15) is 5.56 Å². The smallest absolute Gasteiger partial charge is 0.237 e. The predicted molar refractivity (Wildman–Crippen MR) is 121 cm³/mol. The van der Waals surface area contributed by atoms with E-state index in [1.807, 2.05) is 71.6 Å². The van der Waals surface area contributed by atoms with Crippen molar-refractivity contribution in [2.45, 2.75) is 11.6 Å². The maximum absolute atomic E-state index is 13.0. The summed E-state index contributed by atoms with van der Waals surface area (Å²) in [7, 11) is 0. The average Bonchev–Trinajstić information content (AvgIpc) is 3.39. The second-order valence-corrected chi connectivity index (χ2v) is 8.33. The van der Waals surface area contributed by atoms with Gasteiger partial charge in [0.05, 0.1) is 22.3 Å². The normalized spacial score (nSPS) is 13.4. The van der Waals surface area contributed by atoms with Crippen molar-refractivity contribution in [2.75, 3.05) is 17.2 Å². The van der Waals surface area contributed by atoms with E-state index in [4.69, 9.17) is 9.97 Å². The number of hydrogen-bond donors (Lipinski definition) is 0. The molecule has 0 saturated carbocycles. The molecule has 2 aromatic heterocycles. The van der Waals surface area contributed by atoms with Crippen LogP contribution in [0, 0.1) is 0 Å². The highest BCUT2D eigenvalue weighted by Crippen LogP contribution is 2.31. The van der Waals surface area contributed by atoms with Gasteiger partial charge in [0.2, 0.25) is 5.91 Å². The number of fused-ring (bicyclic) bond motifs is 6. The van der Waals surface area contributed by atoms with E-state index in [2.05, 4.69) is 10.5 Å². The summed E-state index contributed by atoms with van der Waals surface area (Å²) < 4.78 is 2.08. The van der Waals surface area contributed by atoms with E-state index in [0.717, 1.165) is 51.4 Å². The molecule has 0 aliphatic carbocycles. The molecule has 5 aromatic rings. The number of amides is 1. The SMILES string of the molecule is O=C(CSc1nc2ccccc2c2nc3ccccc3n12)N1CCc2ccccc21. The zero-order valence-corrected chi connectivity index (χ0v) is 17.0. The van der Waals surface area contributed by atoms with Gasteiger partial charge in [0.1, 0.15) is 5.65 Å². The van der Waals surface area contributed by atoms with Gasteiger partial charge >= 0.3 is 0 Å². The Morgan fingerprint density at radius 3 is 2.60 bits per heavy atom. The van der Waals surface area contributed by atoms with E-state index in [1.165, 1.54) is 17.3 Å². The molecule has 1 aliphatic heterocycles. The second-order valence-electron chi connectivity index (χ2n) is 7.38. The molecule has 0 fully saturated rings. The molecule has 3 aromatic carbocycles. The summed E-state index contributed by atoms with van der Waals surface area (Å²) >= 11 is 1.47. The molecule has 0 radical (unpaired) electrons. The lowest BCUT2D eigenvalue weighted by molar-refractivity contribution is -0.116. The Hall–Kier alpha value is -3.38. The van der Waals surface area contributed by atoms with E-state index in [-0.39, 0.29) is 5.91 Å². The summed E-state index contributed by atoms with van der Waals surface area (Å²) in [5.41, 5.74) is 5.98. The fraction of sp³-hybridized carbons (Fsp3) is 0.125. The van der Waals surface area contributed by atoms with Crippen LogP contribution >= 0.6 is 11.8 Å². The molecule has 6 rings (SSSR count). The zero-order valence-electron chi connectivity index (χ0n) is 16.2. The van der Waals surface area contributed by atoms with Crippen molar-refractivity contribution in [3.8, 4) is 0 Å². The van der Waals surface area contributed by atoms with E-state index >= 15 is 0 Å². The topological polar surface area (TPSA) is 50.5 Å². The molecule has 0 saturated heterocycles. The molecule has 5 nitrogen and oxygen atoms in total. The Morgan fingerprint density at radius 2 is 1.67 bits per heavy atom. The molecule has 146 valence electrons. The van der Waals surface area contributed by atoms with Crippen LogP contribution in [-0.4, -0.2) is 32.6 Å². The summed E-state index contributed by atoms with van der Waals surface area (Å²) in [6.45, 7) is 0.743. The number of hydrogen-bond acceptors (Lipinski definition) is 4. The van der Waals surface area contributed by atoms with Gasteiger partial charge in [-0.25, -0.2) is 9.97 Å². The number of nitrogens with zero attached hydrogens (tertiary/aromatic N) is 4. The summed E-state index contributed by atoms with van der Waals surface area (Å²) in [6.07, 6.45) is 0.914. The Morgan fingerprint density at radius 1 is 0.900 bits per heavy atom. The molecule has 1 aliphatic rings. The number of thioether (sulfide) groups is 1. The average molecular weight is 411 g/mol. The minimum atomic E-state index is 0.109. The number of carbonyl (C=O) groups is 1. The minimum Gasteiger partial charge on any atom is -0.311 e. The third kappa shape index (κ3) is 2.68. The van der Waals surface area contributed by atoms with Gasteiger partial charge in [-0.3, -0.25) is 9.20 Å². The van der Waals surface area contributed by atoms with Crippen molar-refractivity contribution in [2.24, 2.45) is 0 Å². The van der Waals surface area contributed by atoms with Gasteiger partial charge in [-0.15, -0.1) is 0 Å². The Labute approximate surface area is 177 Å². The number of para-hydroxylation sites is 4. The lowest BCUT2D eigenvalue weighted by Gasteiger charge is -2.17. The van der Waals surface area contributed by atoms with E-state index in [1.54, 1.807) is 0 Å². The van der Waals surface area contributed by atoms with Crippen molar-refractivity contribution in [1.82, 2.24) is 14.4 Å². The largest absolute Gasteiger partial charge is 0.311 e. The molecular formula is C24H18N4OS. The monoisotopic (exact) mass is 410 g/mol. The molecule has 0 bridgehead atoms. The Kier molecular flexibility index (Phi) is 3.99. The first kappa shape index (κ1) is 17.5. The lowest BCUT2D eigenvalue weighted by Crippen LogP contribution is -2.30. The van der Waals surface area contributed by atoms with Crippen LogP contribution in [0.4, 0.5) is 5.69 Å². The fourth-order valence-electron chi connectivity index (χ4n) is 4.21. The minimum absolute atomic E-state index is 0.109. The van der Waals surface area contributed by atoms with Crippen molar-refractivity contribution in [3.05, 3.63) is 78.4 Å². The second kappa shape index (κ2) is 6.85. The number of rotatable bonds is 3. The number of imidazole rings is 1. The number of aromatic nitrogens is 3. The summed E-state index contributed by atoms with van der Waals surface area (Å²) in [5.74, 6) is 0.443. The van der Waals surface area contributed by atoms with Gasteiger partial charge in [0.15, 0.2) is 5.16 Å². The standard InChI is InChI=1S/C24H18N4OS/c29-22(27-14-13-16-7-1-5-11-20(16)27)15-30-24-26-18-9-3-2-8-17(18)23-25-19-10-4-6-12-21(19)28(23)24/h1-12H,13-15H2. The van der Waals surface area contributed by atoms with Crippen LogP contribution in [0.5, 0.6) is 0 Å². The first-order chi connectivity index (χ1) is 14.8. The van der Waals surface area contributed by atoms with Gasteiger partial charge in [-0.1, -0.05) is 54.2 Å². The lowest BCUT2D eigenvalue weighted by atomic mass is 10.2.